The van der Waals surface area contributed by atoms with E-state index >= 15 is 0 Å². The van der Waals surface area contributed by atoms with Crippen molar-refractivity contribution in [3.63, 3.8) is 0 Å². The maximum Gasteiger partial charge on any atom is 0.315 e. The largest absolute Gasteiger partial charge is 0.344 e. The van der Waals surface area contributed by atoms with Gasteiger partial charge in [-0.05, 0) is 18.6 Å². The zero-order valence-electron chi connectivity index (χ0n) is 11.0. The molecule has 1 aromatic rings. The molecule has 20 heavy (non-hydrogen) atoms. The van der Waals surface area contributed by atoms with E-state index in [2.05, 4.69) is 26.6 Å². The summed E-state index contributed by atoms with van der Waals surface area (Å²) in [7, 11) is 1.69. The molecule has 1 aliphatic heterocycles. The number of carbonyl (C=O) groups is 2. The van der Waals surface area contributed by atoms with E-state index in [1.165, 1.54) is 6.07 Å². The quantitative estimate of drug-likeness (QED) is 0.875. The van der Waals surface area contributed by atoms with E-state index in [9.17, 15) is 14.0 Å². The molecule has 1 aromatic carbocycles. The molecule has 0 spiro atoms. The molecule has 0 bridgehead atoms. The van der Waals surface area contributed by atoms with Gasteiger partial charge < -0.3 is 15.5 Å². The second-order valence-corrected chi connectivity index (χ2v) is 5.58. The lowest BCUT2D eigenvalue weighted by Gasteiger charge is -2.13. The van der Waals surface area contributed by atoms with Crippen LogP contribution < -0.4 is 10.6 Å². The van der Waals surface area contributed by atoms with Gasteiger partial charge in [-0.25, -0.2) is 9.18 Å². The Kier molecular flexibility index (Phi) is 4.59. The highest BCUT2D eigenvalue weighted by Gasteiger charge is 2.30. The summed E-state index contributed by atoms with van der Waals surface area (Å²) >= 11 is 3.17. The van der Waals surface area contributed by atoms with Gasteiger partial charge in [0.15, 0.2) is 0 Å². The topological polar surface area (TPSA) is 61.4 Å². The molecule has 0 radical (unpaired) electrons. The van der Waals surface area contributed by atoms with Gasteiger partial charge in [0, 0.05) is 30.2 Å². The molecule has 1 atom stereocenters. The molecular formula is C13H15BrFN3O2. The van der Waals surface area contributed by atoms with Crippen molar-refractivity contribution in [1.29, 1.82) is 0 Å². The van der Waals surface area contributed by atoms with Crippen LogP contribution >= 0.6 is 15.9 Å². The van der Waals surface area contributed by atoms with Crippen molar-refractivity contribution in [2.45, 2.75) is 19.0 Å². The summed E-state index contributed by atoms with van der Waals surface area (Å²) in [5, 5.41) is 5.13. The normalized spacial score (nSPS) is 18.2. The number of nitrogens with one attached hydrogen (secondary N) is 2. The fourth-order valence-electron chi connectivity index (χ4n) is 2.01. The smallest absolute Gasteiger partial charge is 0.315 e. The summed E-state index contributed by atoms with van der Waals surface area (Å²) in [5.74, 6) is -0.494. The molecule has 3 amide bonds. The highest BCUT2D eigenvalue weighted by molar-refractivity contribution is 9.10. The number of hydrogen-bond acceptors (Lipinski definition) is 2. The molecule has 0 saturated carbocycles. The van der Waals surface area contributed by atoms with E-state index in [0.717, 1.165) is 0 Å². The first-order valence-corrected chi connectivity index (χ1v) is 7.00. The predicted octanol–water partition coefficient (Wildman–Crippen LogP) is 1.62. The van der Waals surface area contributed by atoms with Crippen LogP contribution in [0.2, 0.25) is 0 Å². The average Bonchev–Trinajstić information content (AvgIpc) is 2.70. The Bertz CT molecular complexity index is 538. The molecule has 108 valence electrons. The number of amides is 3. The van der Waals surface area contributed by atoms with E-state index in [0.29, 0.717) is 23.0 Å². The van der Waals surface area contributed by atoms with Gasteiger partial charge in [-0.2, -0.15) is 0 Å². The Morgan fingerprint density at radius 1 is 1.55 bits per heavy atom. The van der Waals surface area contributed by atoms with Gasteiger partial charge in [-0.1, -0.05) is 22.0 Å². The Hall–Kier alpha value is -1.63. The van der Waals surface area contributed by atoms with Gasteiger partial charge in [0.1, 0.15) is 11.9 Å². The van der Waals surface area contributed by atoms with E-state index in [-0.39, 0.29) is 12.5 Å². The van der Waals surface area contributed by atoms with Crippen LogP contribution in [0.15, 0.2) is 22.7 Å². The zero-order chi connectivity index (χ0) is 14.7. The summed E-state index contributed by atoms with van der Waals surface area (Å²) in [6, 6.07) is 3.67. The van der Waals surface area contributed by atoms with Gasteiger partial charge in [0.05, 0.1) is 0 Å². The van der Waals surface area contributed by atoms with Crippen molar-refractivity contribution >= 4 is 27.9 Å². The number of nitrogens with zero attached hydrogens (tertiary/aromatic N) is 1. The predicted molar refractivity (Wildman–Crippen MR) is 75.5 cm³/mol. The lowest BCUT2D eigenvalue weighted by molar-refractivity contribution is -0.128. The Balaban J connectivity index is 1.85. The fourth-order valence-corrected chi connectivity index (χ4v) is 2.34. The molecular weight excluding hydrogens is 329 g/mol. The van der Waals surface area contributed by atoms with Crippen molar-refractivity contribution in [3.05, 3.63) is 34.1 Å². The first kappa shape index (κ1) is 14.8. The summed E-state index contributed by atoms with van der Waals surface area (Å²) in [6.45, 7) is 0.701. The first-order chi connectivity index (χ1) is 9.47. The Morgan fingerprint density at radius 3 is 2.90 bits per heavy atom. The lowest BCUT2D eigenvalue weighted by atomic mass is 10.2. The summed E-state index contributed by atoms with van der Waals surface area (Å²) in [4.78, 5) is 24.9. The van der Waals surface area contributed by atoms with Crippen LogP contribution in [0.5, 0.6) is 0 Å². The third-order valence-electron chi connectivity index (χ3n) is 3.19. The number of halogens is 2. The molecule has 7 heteroatoms. The van der Waals surface area contributed by atoms with Crippen LogP contribution in [0.1, 0.15) is 12.0 Å². The number of carbonyl (C=O) groups excluding carboxylic acids is 2. The summed E-state index contributed by atoms with van der Waals surface area (Å²) in [5.41, 5.74) is 0.387. The molecule has 0 aliphatic carbocycles. The summed E-state index contributed by atoms with van der Waals surface area (Å²) in [6.07, 6.45) is 0.593. The molecule has 1 aliphatic rings. The summed E-state index contributed by atoms with van der Waals surface area (Å²) < 4.78 is 14.2. The molecule has 1 unspecified atom stereocenters. The molecule has 0 aromatic heterocycles. The maximum atomic E-state index is 13.6. The van der Waals surface area contributed by atoms with Crippen molar-refractivity contribution in [3.8, 4) is 0 Å². The molecule has 2 N–H and O–H groups in total. The lowest BCUT2D eigenvalue weighted by Crippen LogP contribution is -2.45. The average molecular weight is 344 g/mol. The van der Waals surface area contributed by atoms with E-state index < -0.39 is 17.9 Å². The second-order valence-electron chi connectivity index (χ2n) is 4.66. The van der Waals surface area contributed by atoms with Crippen molar-refractivity contribution in [2.75, 3.05) is 13.6 Å². The molecule has 2 rings (SSSR count). The van der Waals surface area contributed by atoms with Crippen LogP contribution in [0, 0.1) is 5.82 Å². The highest BCUT2D eigenvalue weighted by atomic mass is 79.9. The minimum Gasteiger partial charge on any atom is -0.344 e. The van der Waals surface area contributed by atoms with Crippen molar-refractivity contribution in [1.82, 2.24) is 15.5 Å². The third kappa shape index (κ3) is 3.47. The van der Waals surface area contributed by atoms with E-state index in [4.69, 9.17) is 0 Å². The van der Waals surface area contributed by atoms with Gasteiger partial charge in [-0.15, -0.1) is 0 Å². The molecule has 1 fully saturated rings. The number of urea groups is 1. The number of benzene rings is 1. The number of likely N-dealkylation sites (tertiary alicyclic amines) is 1. The van der Waals surface area contributed by atoms with E-state index in [1.807, 2.05) is 0 Å². The van der Waals surface area contributed by atoms with Crippen LogP contribution in [-0.2, 0) is 11.3 Å². The van der Waals surface area contributed by atoms with Gasteiger partial charge in [-0.3, -0.25) is 4.79 Å². The van der Waals surface area contributed by atoms with Gasteiger partial charge >= 0.3 is 6.03 Å². The fraction of sp³-hybridized carbons (Fsp3) is 0.385. The standard InChI is InChI=1S/C13H15BrFN3O2/c1-18-5-4-11(12(18)19)17-13(20)16-7-8-2-3-9(14)6-10(8)15/h2-3,6,11H,4-5,7H2,1H3,(H2,16,17,20). The minimum atomic E-state index is -0.491. The van der Waals surface area contributed by atoms with Gasteiger partial charge in [0.2, 0.25) is 5.91 Å². The zero-order valence-corrected chi connectivity index (χ0v) is 12.5. The van der Waals surface area contributed by atoms with Crippen LogP contribution in [0.3, 0.4) is 0 Å². The van der Waals surface area contributed by atoms with E-state index in [1.54, 1.807) is 24.1 Å². The third-order valence-corrected chi connectivity index (χ3v) is 3.68. The van der Waals surface area contributed by atoms with Crippen LogP contribution in [0.25, 0.3) is 0 Å². The second kappa shape index (κ2) is 6.21. The number of rotatable bonds is 3. The maximum absolute atomic E-state index is 13.6. The van der Waals surface area contributed by atoms with Crippen LogP contribution in [0.4, 0.5) is 9.18 Å². The van der Waals surface area contributed by atoms with Gasteiger partial charge in [0.25, 0.3) is 0 Å². The molecule has 1 saturated heterocycles. The highest BCUT2D eigenvalue weighted by Crippen LogP contribution is 2.15. The monoisotopic (exact) mass is 343 g/mol. The van der Waals surface area contributed by atoms with Crippen molar-refractivity contribution < 1.29 is 14.0 Å². The minimum absolute atomic E-state index is 0.0711. The van der Waals surface area contributed by atoms with Crippen molar-refractivity contribution in [2.24, 2.45) is 0 Å². The first-order valence-electron chi connectivity index (χ1n) is 6.20. The van der Waals surface area contributed by atoms with Crippen LogP contribution in [-0.4, -0.2) is 36.5 Å². The molecule has 5 nitrogen and oxygen atoms in total. The molecule has 1 heterocycles. The SMILES string of the molecule is CN1CCC(NC(=O)NCc2ccc(Br)cc2F)C1=O. The number of likely N-dealkylation sites (N-methyl/N-ethyl adjacent to an activating group) is 1. The Labute approximate surface area is 124 Å². The Morgan fingerprint density at radius 2 is 2.30 bits per heavy atom. The number of hydrogen-bond donors (Lipinski definition) is 2.